The summed E-state index contributed by atoms with van der Waals surface area (Å²) < 4.78 is 10.3. The minimum atomic E-state index is -0.408. The molecule has 0 radical (unpaired) electrons. The highest BCUT2D eigenvalue weighted by Gasteiger charge is 2.21. The molecule has 1 N–H and O–H groups in total. The van der Waals surface area contributed by atoms with E-state index in [2.05, 4.69) is 0 Å². The summed E-state index contributed by atoms with van der Waals surface area (Å²) >= 11 is 0. The van der Waals surface area contributed by atoms with Gasteiger partial charge >= 0.3 is 0 Å². The number of aliphatic hydroxyl groups excluding tert-OH is 1. The molecule has 0 saturated carbocycles. The third-order valence-corrected chi connectivity index (χ3v) is 1.85. The van der Waals surface area contributed by atoms with Crippen molar-refractivity contribution in [2.75, 3.05) is 26.4 Å². The van der Waals surface area contributed by atoms with Gasteiger partial charge in [-0.25, -0.2) is 0 Å². The van der Waals surface area contributed by atoms with E-state index in [1.807, 2.05) is 27.7 Å². The van der Waals surface area contributed by atoms with Crippen LogP contribution in [0.2, 0.25) is 0 Å². The average Bonchev–Trinajstić information content (AvgIpc) is 2.02. The fourth-order valence-electron chi connectivity index (χ4n) is 0.707. The predicted molar refractivity (Wildman–Crippen MR) is 52.8 cm³/mol. The Hall–Kier alpha value is -0.120. The van der Waals surface area contributed by atoms with Gasteiger partial charge in [-0.1, -0.05) is 20.8 Å². The first-order chi connectivity index (χ1) is 5.98. The Morgan fingerprint density at radius 3 is 2.15 bits per heavy atom. The molecule has 0 aliphatic rings. The Bertz CT molecular complexity index is 118. The molecule has 0 rings (SSSR count). The number of aliphatic hydroxyl groups is 1. The first-order valence-corrected chi connectivity index (χ1v) is 4.82. The predicted octanol–water partition coefficient (Wildman–Crippen LogP) is 1.45. The maximum Gasteiger partial charge on any atom is 0.0821 e. The molecule has 1 atom stereocenters. The van der Waals surface area contributed by atoms with Crippen LogP contribution in [0, 0.1) is 5.41 Å². The average molecular weight is 190 g/mol. The zero-order chi connectivity index (χ0) is 10.3. The smallest absolute Gasteiger partial charge is 0.0821 e. The fraction of sp³-hybridized carbons (Fsp3) is 1.00. The minimum absolute atomic E-state index is 0.106. The molecule has 0 saturated heterocycles. The Labute approximate surface area is 81.0 Å². The highest BCUT2D eigenvalue weighted by Crippen LogP contribution is 2.18. The van der Waals surface area contributed by atoms with Gasteiger partial charge < -0.3 is 14.6 Å². The summed E-state index contributed by atoms with van der Waals surface area (Å²) in [6.45, 7) is 10.2. The van der Waals surface area contributed by atoms with E-state index in [1.165, 1.54) is 0 Å². The maximum absolute atomic E-state index is 9.58. The number of hydrogen-bond donors (Lipinski definition) is 1. The first kappa shape index (κ1) is 12.9. The van der Waals surface area contributed by atoms with Crippen LogP contribution in [0.1, 0.15) is 27.7 Å². The second-order valence-electron chi connectivity index (χ2n) is 4.15. The number of ether oxygens (including phenoxy) is 2. The Morgan fingerprint density at radius 1 is 1.15 bits per heavy atom. The van der Waals surface area contributed by atoms with Crippen LogP contribution in [0.15, 0.2) is 0 Å². The summed E-state index contributed by atoms with van der Waals surface area (Å²) in [4.78, 5) is 0. The second-order valence-corrected chi connectivity index (χ2v) is 4.15. The van der Waals surface area contributed by atoms with Gasteiger partial charge in [0.25, 0.3) is 0 Å². The molecule has 0 aromatic rings. The molecule has 1 unspecified atom stereocenters. The normalized spacial score (nSPS) is 14.5. The molecule has 0 amide bonds. The third-order valence-electron chi connectivity index (χ3n) is 1.85. The zero-order valence-electron chi connectivity index (χ0n) is 9.17. The van der Waals surface area contributed by atoms with Crippen molar-refractivity contribution in [3.8, 4) is 0 Å². The van der Waals surface area contributed by atoms with Gasteiger partial charge in [0.1, 0.15) is 0 Å². The van der Waals surface area contributed by atoms with Gasteiger partial charge in [0.15, 0.2) is 0 Å². The van der Waals surface area contributed by atoms with Crippen LogP contribution in [0.4, 0.5) is 0 Å². The van der Waals surface area contributed by atoms with Crippen LogP contribution >= 0.6 is 0 Å². The molecule has 0 spiro atoms. The molecule has 80 valence electrons. The van der Waals surface area contributed by atoms with E-state index in [0.717, 1.165) is 0 Å². The lowest BCUT2D eigenvalue weighted by molar-refractivity contribution is -0.0346. The quantitative estimate of drug-likeness (QED) is 0.644. The Morgan fingerprint density at radius 2 is 1.69 bits per heavy atom. The molecule has 3 heteroatoms. The van der Waals surface area contributed by atoms with Crippen molar-refractivity contribution in [3.05, 3.63) is 0 Å². The van der Waals surface area contributed by atoms with Gasteiger partial charge in [-0.3, -0.25) is 0 Å². The van der Waals surface area contributed by atoms with Gasteiger partial charge in [0.05, 0.1) is 25.9 Å². The molecular weight excluding hydrogens is 168 g/mol. The molecule has 0 aliphatic carbocycles. The van der Waals surface area contributed by atoms with Crippen molar-refractivity contribution in [2.24, 2.45) is 5.41 Å². The van der Waals surface area contributed by atoms with Gasteiger partial charge in [-0.05, 0) is 12.3 Å². The van der Waals surface area contributed by atoms with E-state index >= 15 is 0 Å². The van der Waals surface area contributed by atoms with Crippen molar-refractivity contribution in [2.45, 2.75) is 33.8 Å². The summed E-state index contributed by atoms with van der Waals surface area (Å²) in [6, 6.07) is 0. The standard InChI is InChI=1S/C10H22O3/c1-5-12-6-7-13-8-9(11)10(2,3)4/h9,11H,5-8H2,1-4H3. The van der Waals surface area contributed by atoms with E-state index in [9.17, 15) is 5.11 Å². The monoisotopic (exact) mass is 190 g/mol. The van der Waals surface area contributed by atoms with Crippen LogP contribution in [-0.4, -0.2) is 37.6 Å². The van der Waals surface area contributed by atoms with Crippen LogP contribution in [-0.2, 0) is 9.47 Å². The van der Waals surface area contributed by atoms with Crippen molar-refractivity contribution >= 4 is 0 Å². The van der Waals surface area contributed by atoms with E-state index in [4.69, 9.17) is 9.47 Å². The molecule has 0 fully saturated rings. The molecule has 0 aliphatic heterocycles. The molecule has 13 heavy (non-hydrogen) atoms. The van der Waals surface area contributed by atoms with Crippen molar-refractivity contribution < 1.29 is 14.6 Å². The zero-order valence-corrected chi connectivity index (χ0v) is 9.17. The van der Waals surface area contributed by atoms with Gasteiger partial charge in [0.2, 0.25) is 0 Å². The van der Waals surface area contributed by atoms with Crippen LogP contribution in [0.25, 0.3) is 0 Å². The van der Waals surface area contributed by atoms with Crippen LogP contribution in [0.3, 0.4) is 0 Å². The van der Waals surface area contributed by atoms with E-state index in [0.29, 0.717) is 26.4 Å². The van der Waals surface area contributed by atoms with Gasteiger partial charge in [-0.2, -0.15) is 0 Å². The lowest BCUT2D eigenvalue weighted by Crippen LogP contribution is -2.31. The molecule has 0 aromatic heterocycles. The topological polar surface area (TPSA) is 38.7 Å². The van der Waals surface area contributed by atoms with Crippen LogP contribution < -0.4 is 0 Å². The van der Waals surface area contributed by atoms with E-state index in [1.54, 1.807) is 0 Å². The van der Waals surface area contributed by atoms with Gasteiger partial charge in [-0.15, -0.1) is 0 Å². The largest absolute Gasteiger partial charge is 0.390 e. The maximum atomic E-state index is 9.58. The third kappa shape index (κ3) is 6.99. The number of hydrogen-bond acceptors (Lipinski definition) is 3. The molecule has 0 aromatic carbocycles. The molecular formula is C10H22O3. The molecule has 3 nitrogen and oxygen atoms in total. The highest BCUT2D eigenvalue weighted by atomic mass is 16.5. The first-order valence-electron chi connectivity index (χ1n) is 4.82. The Balaban J connectivity index is 3.32. The fourth-order valence-corrected chi connectivity index (χ4v) is 0.707. The Kier molecular flexibility index (Phi) is 6.29. The van der Waals surface area contributed by atoms with Crippen molar-refractivity contribution in [1.82, 2.24) is 0 Å². The summed E-state index contributed by atoms with van der Waals surface area (Å²) in [5.74, 6) is 0. The minimum Gasteiger partial charge on any atom is -0.390 e. The van der Waals surface area contributed by atoms with E-state index < -0.39 is 6.10 Å². The highest BCUT2D eigenvalue weighted by molar-refractivity contribution is 4.71. The lowest BCUT2D eigenvalue weighted by Gasteiger charge is -2.25. The summed E-state index contributed by atoms with van der Waals surface area (Å²) in [5, 5.41) is 9.58. The van der Waals surface area contributed by atoms with E-state index in [-0.39, 0.29) is 5.41 Å². The van der Waals surface area contributed by atoms with Gasteiger partial charge in [0, 0.05) is 6.61 Å². The second kappa shape index (κ2) is 6.35. The van der Waals surface area contributed by atoms with Crippen molar-refractivity contribution in [3.63, 3.8) is 0 Å². The van der Waals surface area contributed by atoms with Crippen LogP contribution in [0.5, 0.6) is 0 Å². The summed E-state index contributed by atoms with van der Waals surface area (Å²) in [7, 11) is 0. The molecule has 0 bridgehead atoms. The summed E-state index contributed by atoms with van der Waals surface area (Å²) in [6.07, 6.45) is -0.408. The molecule has 0 heterocycles. The summed E-state index contributed by atoms with van der Waals surface area (Å²) in [5.41, 5.74) is -0.106. The lowest BCUT2D eigenvalue weighted by atomic mass is 9.90. The number of rotatable bonds is 6. The van der Waals surface area contributed by atoms with Crippen molar-refractivity contribution in [1.29, 1.82) is 0 Å². The SMILES string of the molecule is CCOCCOCC(O)C(C)(C)C.